The third kappa shape index (κ3) is 1.49. The van der Waals surface area contributed by atoms with Crippen LogP contribution in [0.3, 0.4) is 0 Å². The number of methoxy groups -OCH3 is 1. The lowest BCUT2D eigenvalue weighted by molar-refractivity contribution is 0.0598. The van der Waals surface area contributed by atoms with Crippen LogP contribution in [-0.4, -0.2) is 18.2 Å². The van der Waals surface area contributed by atoms with Crippen LogP contribution in [0.5, 0.6) is 0 Å². The number of esters is 1. The topological polar surface area (TPSA) is 59.7 Å². The number of carbonyl (C=O) groups excluding carboxylic acids is 1. The molecule has 0 unspecified atom stereocenters. The zero-order chi connectivity index (χ0) is 10.8. The third-order valence-electron chi connectivity index (χ3n) is 2.27. The third-order valence-corrected chi connectivity index (χ3v) is 2.27. The van der Waals surface area contributed by atoms with Crippen molar-refractivity contribution in [2.24, 2.45) is 0 Å². The van der Waals surface area contributed by atoms with Crippen LogP contribution in [0, 0.1) is 0 Å². The van der Waals surface area contributed by atoms with Gasteiger partial charge in [-0.05, 0) is 0 Å². The Morgan fingerprint density at radius 1 is 1.47 bits per heavy atom. The molecule has 1 aliphatic heterocycles. The summed E-state index contributed by atoms with van der Waals surface area (Å²) >= 11 is 0. The van der Waals surface area contributed by atoms with E-state index in [2.05, 4.69) is 4.74 Å². The standard InChI is InChI=1S/C11H10O4/c1-14-11(13)9-6-15-10(5-12)8-4-2-3-7(8)9/h2-4,6,12H,5H2,1H3. The van der Waals surface area contributed by atoms with E-state index in [1.165, 1.54) is 13.4 Å². The highest BCUT2D eigenvalue weighted by molar-refractivity contribution is 5.97. The lowest BCUT2D eigenvalue weighted by atomic mass is 10.1. The van der Waals surface area contributed by atoms with Crippen molar-refractivity contribution in [1.29, 1.82) is 0 Å². The Morgan fingerprint density at radius 2 is 2.20 bits per heavy atom. The number of hydrogen-bond acceptors (Lipinski definition) is 4. The predicted octanol–water partition coefficient (Wildman–Crippen LogP) is 1.66. The molecule has 1 N–H and O–H groups in total. The smallest absolute Gasteiger partial charge is 0.341 e. The molecule has 0 aromatic carbocycles. The van der Waals surface area contributed by atoms with Crippen LogP contribution < -0.4 is 0 Å². The summed E-state index contributed by atoms with van der Waals surface area (Å²) in [6.45, 7) is -0.192. The average Bonchev–Trinajstić information content (AvgIpc) is 2.75. The molecule has 0 fully saturated rings. The Bertz CT molecular complexity index is 458. The van der Waals surface area contributed by atoms with Crippen molar-refractivity contribution in [3.63, 3.8) is 0 Å². The summed E-state index contributed by atoms with van der Waals surface area (Å²) in [4.78, 5) is 11.4. The molecular weight excluding hydrogens is 196 g/mol. The number of aliphatic hydroxyl groups is 1. The van der Waals surface area contributed by atoms with E-state index in [0.29, 0.717) is 11.3 Å². The molecule has 0 radical (unpaired) electrons. The SMILES string of the molecule is COC(=O)c1coc(CO)c2cccc1-2. The molecule has 78 valence electrons. The Hall–Kier alpha value is -1.81. The number of rotatable bonds is 2. The number of ether oxygens (including phenoxy) is 1. The van der Waals surface area contributed by atoms with Crippen molar-refractivity contribution in [1.82, 2.24) is 0 Å². The molecule has 0 aromatic rings. The van der Waals surface area contributed by atoms with Crippen LogP contribution in [0.25, 0.3) is 11.1 Å². The second-order valence-corrected chi connectivity index (χ2v) is 3.08. The van der Waals surface area contributed by atoms with E-state index in [-0.39, 0.29) is 6.61 Å². The van der Waals surface area contributed by atoms with Gasteiger partial charge >= 0.3 is 5.97 Å². The van der Waals surface area contributed by atoms with Gasteiger partial charge in [-0.2, -0.15) is 0 Å². The molecule has 0 saturated carbocycles. The van der Waals surface area contributed by atoms with Crippen LogP contribution in [0.15, 0.2) is 28.9 Å². The van der Waals surface area contributed by atoms with Crippen molar-refractivity contribution in [2.75, 3.05) is 7.11 Å². The van der Waals surface area contributed by atoms with Crippen molar-refractivity contribution in [2.45, 2.75) is 6.61 Å². The molecule has 1 heterocycles. The molecule has 0 saturated heterocycles. The molecule has 15 heavy (non-hydrogen) atoms. The summed E-state index contributed by atoms with van der Waals surface area (Å²) < 4.78 is 9.78. The van der Waals surface area contributed by atoms with E-state index in [1.807, 2.05) is 0 Å². The number of hydrogen-bond donors (Lipinski definition) is 1. The van der Waals surface area contributed by atoms with Crippen molar-refractivity contribution >= 4 is 5.97 Å². The fourth-order valence-electron chi connectivity index (χ4n) is 1.55. The molecule has 1 aliphatic carbocycles. The highest BCUT2D eigenvalue weighted by atomic mass is 16.5. The number of fused-ring (bicyclic) bond motifs is 1. The number of aliphatic hydroxyl groups excluding tert-OH is 1. The molecule has 4 nitrogen and oxygen atoms in total. The van der Waals surface area contributed by atoms with Gasteiger partial charge in [0, 0.05) is 11.1 Å². The highest BCUT2D eigenvalue weighted by Crippen LogP contribution is 2.31. The monoisotopic (exact) mass is 206 g/mol. The van der Waals surface area contributed by atoms with Gasteiger partial charge in [-0.25, -0.2) is 4.79 Å². The van der Waals surface area contributed by atoms with Gasteiger partial charge in [0.2, 0.25) is 0 Å². The number of carbonyl (C=O) groups is 1. The van der Waals surface area contributed by atoms with Gasteiger partial charge < -0.3 is 14.3 Å². The quantitative estimate of drug-likeness (QED) is 0.759. The van der Waals surface area contributed by atoms with Gasteiger partial charge in [0.05, 0.1) is 7.11 Å². The van der Waals surface area contributed by atoms with E-state index in [1.54, 1.807) is 18.2 Å². The maximum atomic E-state index is 11.4. The lowest BCUT2D eigenvalue weighted by Crippen LogP contribution is -2.04. The van der Waals surface area contributed by atoms with Crippen LogP contribution in [0.2, 0.25) is 0 Å². The van der Waals surface area contributed by atoms with E-state index < -0.39 is 5.97 Å². The summed E-state index contributed by atoms with van der Waals surface area (Å²) in [6, 6.07) is 5.37. The molecule has 2 aliphatic rings. The first-order valence-electron chi connectivity index (χ1n) is 4.46. The van der Waals surface area contributed by atoms with E-state index in [4.69, 9.17) is 9.52 Å². The Balaban J connectivity index is 2.60. The average molecular weight is 206 g/mol. The van der Waals surface area contributed by atoms with Gasteiger partial charge in [0.25, 0.3) is 0 Å². The zero-order valence-electron chi connectivity index (χ0n) is 8.19. The minimum Gasteiger partial charge on any atom is -0.465 e. The van der Waals surface area contributed by atoms with E-state index in [0.717, 1.165) is 11.1 Å². The summed E-state index contributed by atoms with van der Waals surface area (Å²) in [5.74, 6) is 0.00194. The largest absolute Gasteiger partial charge is 0.465 e. The van der Waals surface area contributed by atoms with Gasteiger partial charge in [0.1, 0.15) is 24.2 Å². The van der Waals surface area contributed by atoms with Crippen molar-refractivity contribution in [3.8, 4) is 11.1 Å². The van der Waals surface area contributed by atoms with Gasteiger partial charge in [-0.1, -0.05) is 18.2 Å². The lowest BCUT2D eigenvalue weighted by Gasteiger charge is -2.08. The molecule has 0 atom stereocenters. The minimum atomic E-state index is -0.445. The highest BCUT2D eigenvalue weighted by Gasteiger charge is 2.19. The van der Waals surface area contributed by atoms with Crippen molar-refractivity contribution < 1.29 is 19.1 Å². The molecule has 4 heteroatoms. The van der Waals surface area contributed by atoms with Crippen LogP contribution in [-0.2, 0) is 11.3 Å². The van der Waals surface area contributed by atoms with Crippen LogP contribution >= 0.6 is 0 Å². The first-order chi connectivity index (χ1) is 7.27. The molecular formula is C11H10O4. The molecule has 0 bridgehead atoms. The van der Waals surface area contributed by atoms with Crippen molar-refractivity contribution in [3.05, 3.63) is 35.8 Å². The second kappa shape index (κ2) is 3.74. The summed E-state index contributed by atoms with van der Waals surface area (Å²) in [6.07, 6.45) is 1.31. The van der Waals surface area contributed by atoms with Gasteiger partial charge in [-0.15, -0.1) is 0 Å². The predicted molar refractivity (Wildman–Crippen MR) is 52.6 cm³/mol. The summed E-state index contributed by atoms with van der Waals surface area (Å²) in [5, 5.41) is 9.03. The van der Waals surface area contributed by atoms with E-state index >= 15 is 0 Å². The minimum absolute atomic E-state index is 0.192. The zero-order valence-corrected chi connectivity index (χ0v) is 8.19. The maximum Gasteiger partial charge on any atom is 0.341 e. The molecule has 0 spiro atoms. The molecule has 0 amide bonds. The Kier molecular flexibility index (Phi) is 2.43. The van der Waals surface area contributed by atoms with Crippen LogP contribution in [0.4, 0.5) is 0 Å². The van der Waals surface area contributed by atoms with Gasteiger partial charge in [-0.3, -0.25) is 0 Å². The van der Waals surface area contributed by atoms with Crippen LogP contribution in [0.1, 0.15) is 16.1 Å². The van der Waals surface area contributed by atoms with Gasteiger partial charge in [0.15, 0.2) is 0 Å². The fraction of sp³-hybridized carbons (Fsp3) is 0.182. The second-order valence-electron chi connectivity index (χ2n) is 3.08. The maximum absolute atomic E-state index is 11.4. The normalized spacial score (nSPS) is 10.5. The Labute approximate surface area is 86.4 Å². The Morgan fingerprint density at radius 3 is 2.87 bits per heavy atom. The summed E-state index contributed by atoms with van der Waals surface area (Å²) in [5.41, 5.74) is 1.84. The molecule has 2 rings (SSSR count). The summed E-state index contributed by atoms with van der Waals surface area (Å²) in [7, 11) is 1.32. The first-order valence-corrected chi connectivity index (χ1v) is 4.46. The first kappa shape index (κ1) is 9.73. The van der Waals surface area contributed by atoms with E-state index in [9.17, 15) is 4.79 Å². The fourth-order valence-corrected chi connectivity index (χ4v) is 1.55. The molecule has 0 aromatic heterocycles.